The molecular formula is C22H25N5O3S. The summed E-state index contributed by atoms with van der Waals surface area (Å²) in [5.74, 6) is 2.11. The van der Waals surface area contributed by atoms with Crippen LogP contribution in [0.1, 0.15) is 9.75 Å². The number of anilines is 2. The summed E-state index contributed by atoms with van der Waals surface area (Å²) < 4.78 is 10.7. The lowest BCUT2D eigenvalue weighted by atomic mass is 10.2. The Hall–Kier alpha value is -3.33. The Kier molecular flexibility index (Phi) is 5.94. The number of rotatable bonds is 5. The van der Waals surface area contributed by atoms with E-state index in [1.807, 2.05) is 21.9 Å². The minimum absolute atomic E-state index is 0.0153. The van der Waals surface area contributed by atoms with Gasteiger partial charge in [0, 0.05) is 53.5 Å². The van der Waals surface area contributed by atoms with Gasteiger partial charge in [-0.05, 0) is 31.2 Å². The van der Waals surface area contributed by atoms with Crippen LogP contribution in [0, 0.1) is 6.92 Å². The molecule has 4 rings (SSSR count). The van der Waals surface area contributed by atoms with Crippen molar-refractivity contribution in [2.24, 2.45) is 0 Å². The first-order chi connectivity index (χ1) is 15.0. The lowest BCUT2D eigenvalue weighted by molar-refractivity contribution is -0.126. The van der Waals surface area contributed by atoms with Crippen LogP contribution >= 0.6 is 11.3 Å². The number of carbonyl (C=O) groups is 1. The number of fused-ring (bicyclic) bond motifs is 1. The molecule has 0 saturated carbocycles. The average molecular weight is 440 g/mol. The maximum absolute atomic E-state index is 12.5. The Morgan fingerprint density at radius 3 is 2.45 bits per heavy atom. The highest BCUT2D eigenvalue weighted by molar-refractivity contribution is 7.12. The average Bonchev–Trinajstić information content (AvgIpc) is 3.21. The highest BCUT2D eigenvalue weighted by Crippen LogP contribution is 2.34. The van der Waals surface area contributed by atoms with Gasteiger partial charge >= 0.3 is 0 Å². The lowest BCUT2D eigenvalue weighted by Gasteiger charge is -2.34. The van der Waals surface area contributed by atoms with Gasteiger partial charge in [0.15, 0.2) is 11.5 Å². The van der Waals surface area contributed by atoms with Gasteiger partial charge in [0.25, 0.3) is 0 Å². The van der Waals surface area contributed by atoms with Crippen molar-refractivity contribution in [3.8, 4) is 11.5 Å². The second-order valence-electron chi connectivity index (χ2n) is 7.23. The number of piperazine rings is 1. The quantitative estimate of drug-likeness (QED) is 0.611. The minimum atomic E-state index is 0.0153. The van der Waals surface area contributed by atoms with Crippen LogP contribution in [0.25, 0.3) is 17.0 Å². The molecule has 0 unspecified atom stereocenters. The van der Waals surface area contributed by atoms with Crippen molar-refractivity contribution in [3.05, 3.63) is 40.1 Å². The van der Waals surface area contributed by atoms with E-state index in [1.54, 1.807) is 43.8 Å². The number of thiophene rings is 1. The van der Waals surface area contributed by atoms with Gasteiger partial charge in [-0.25, -0.2) is 4.98 Å². The number of hydrogen-bond acceptors (Lipinski definition) is 8. The Balaban J connectivity index is 1.46. The summed E-state index contributed by atoms with van der Waals surface area (Å²) in [5, 5.41) is 0.712. The summed E-state index contributed by atoms with van der Waals surface area (Å²) >= 11 is 1.67. The zero-order valence-electron chi connectivity index (χ0n) is 17.8. The molecule has 8 nitrogen and oxygen atoms in total. The van der Waals surface area contributed by atoms with E-state index in [0.29, 0.717) is 60.3 Å². The molecule has 31 heavy (non-hydrogen) atoms. The van der Waals surface area contributed by atoms with Crippen LogP contribution in [-0.2, 0) is 4.79 Å². The number of aryl methyl sites for hydroxylation is 1. The smallest absolute Gasteiger partial charge is 0.246 e. The van der Waals surface area contributed by atoms with Crippen LogP contribution in [0.4, 0.5) is 11.8 Å². The maximum atomic E-state index is 12.5. The normalized spacial score (nSPS) is 14.4. The fourth-order valence-corrected chi connectivity index (χ4v) is 4.32. The van der Waals surface area contributed by atoms with Gasteiger partial charge in [-0.1, -0.05) is 0 Å². The number of aromatic nitrogens is 2. The monoisotopic (exact) mass is 439 g/mol. The van der Waals surface area contributed by atoms with Gasteiger partial charge in [-0.15, -0.1) is 11.3 Å². The third-order valence-electron chi connectivity index (χ3n) is 5.24. The molecule has 1 saturated heterocycles. The first kappa shape index (κ1) is 20.9. The summed E-state index contributed by atoms with van der Waals surface area (Å²) in [4.78, 5) is 27.9. The van der Waals surface area contributed by atoms with E-state index in [0.717, 1.165) is 4.88 Å². The number of benzene rings is 1. The van der Waals surface area contributed by atoms with Gasteiger partial charge in [0.2, 0.25) is 11.9 Å². The predicted molar refractivity (Wildman–Crippen MR) is 124 cm³/mol. The molecule has 1 aliphatic heterocycles. The molecule has 1 fully saturated rings. The van der Waals surface area contributed by atoms with E-state index in [-0.39, 0.29) is 5.91 Å². The first-order valence-electron chi connectivity index (χ1n) is 9.96. The van der Waals surface area contributed by atoms with Crippen LogP contribution in [-0.4, -0.2) is 61.2 Å². The number of nitrogens with two attached hydrogens (primary N) is 1. The first-order valence-corrected chi connectivity index (χ1v) is 10.8. The van der Waals surface area contributed by atoms with E-state index in [4.69, 9.17) is 15.2 Å². The molecule has 2 aromatic heterocycles. The molecule has 2 N–H and O–H groups in total. The zero-order valence-corrected chi connectivity index (χ0v) is 18.6. The number of ether oxygens (including phenoxy) is 2. The van der Waals surface area contributed by atoms with Crippen LogP contribution < -0.4 is 20.1 Å². The number of hydrogen-bond donors (Lipinski definition) is 1. The molecule has 0 aliphatic carbocycles. The molecule has 1 aliphatic rings. The van der Waals surface area contributed by atoms with Crippen molar-refractivity contribution in [3.63, 3.8) is 0 Å². The van der Waals surface area contributed by atoms with Gasteiger partial charge < -0.3 is 25.0 Å². The van der Waals surface area contributed by atoms with Gasteiger partial charge in [0.1, 0.15) is 5.82 Å². The zero-order chi connectivity index (χ0) is 22.0. The Morgan fingerprint density at radius 1 is 1.10 bits per heavy atom. The summed E-state index contributed by atoms with van der Waals surface area (Å²) in [6.07, 6.45) is 3.52. The highest BCUT2D eigenvalue weighted by Gasteiger charge is 2.22. The van der Waals surface area contributed by atoms with Crippen LogP contribution in [0.3, 0.4) is 0 Å². The molecule has 1 amide bonds. The molecule has 1 aromatic carbocycles. The Morgan fingerprint density at radius 2 is 1.81 bits per heavy atom. The molecule has 0 bridgehead atoms. The fourth-order valence-electron chi connectivity index (χ4n) is 3.54. The number of carbonyl (C=O) groups excluding carboxylic acids is 1. The molecule has 162 valence electrons. The summed E-state index contributed by atoms with van der Waals surface area (Å²) in [7, 11) is 3.16. The highest BCUT2D eigenvalue weighted by atomic mass is 32.1. The summed E-state index contributed by atoms with van der Waals surface area (Å²) in [6.45, 7) is 4.52. The van der Waals surface area contributed by atoms with E-state index in [9.17, 15) is 4.79 Å². The second kappa shape index (κ2) is 8.81. The molecule has 0 spiro atoms. The Bertz CT molecular complexity index is 1140. The molecule has 0 radical (unpaired) electrons. The van der Waals surface area contributed by atoms with Crippen LogP contribution in [0.5, 0.6) is 11.5 Å². The SMILES string of the molecule is COc1cc2nc(N3CCN(C(=O)C=Cc4ccc(C)s4)CC3)nc(N)c2cc1OC. The summed E-state index contributed by atoms with van der Waals surface area (Å²) in [6, 6.07) is 7.65. The second-order valence-corrected chi connectivity index (χ2v) is 8.55. The number of nitrogens with zero attached hydrogens (tertiary/aromatic N) is 4. The van der Waals surface area contributed by atoms with Gasteiger partial charge in [-0.2, -0.15) is 4.98 Å². The minimum Gasteiger partial charge on any atom is -0.493 e. The number of nitrogen functional groups attached to an aromatic ring is 1. The van der Waals surface area contributed by atoms with Crippen molar-refractivity contribution in [1.29, 1.82) is 0 Å². The van der Waals surface area contributed by atoms with Crippen molar-refractivity contribution in [2.75, 3.05) is 51.0 Å². The topological polar surface area (TPSA) is 93.8 Å². The number of amides is 1. The molecule has 9 heteroatoms. The van der Waals surface area contributed by atoms with Crippen molar-refractivity contribution < 1.29 is 14.3 Å². The van der Waals surface area contributed by atoms with E-state index in [1.165, 1.54) is 4.88 Å². The van der Waals surface area contributed by atoms with Crippen LogP contribution in [0.15, 0.2) is 30.3 Å². The van der Waals surface area contributed by atoms with Crippen molar-refractivity contribution in [2.45, 2.75) is 6.92 Å². The van der Waals surface area contributed by atoms with Crippen molar-refractivity contribution >= 4 is 46.0 Å². The van der Waals surface area contributed by atoms with E-state index >= 15 is 0 Å². The number of methoxy groups -OCH3 is 2. The standard InChI is InChI=1S/C22H25N5O3S/c1-14-4-5-15(31-14)6-7-20(28)26-8-10-27(11-9-26)22-24-17-13-19(30-3)18(29-2)12-16(17)21(23)25-22/h4-7,12-13H,8-11H2,1-3H3,(H2,23,24,25). The predicted octanol–water partition coefficient (Wildman–Crippen LogP) is 2.96. The lowest BCUT2D eigenvalue weighted by Crippen LogP contribution is -2.48. The van der Waals surface area contributed by atoms with Gasteiger partial charge in [0.05, 0.1) is 19.7 Å². The molecule has 3 aromatic rings. The largest absolute Gasteiger partial charge is 0.493 e. The van der Waals surface area contributed by atoms with E-state index < -0.39 is 0 Å². The molecular weight excluding hydrogens is 414 g/mol. The maximum Gasteiger partial charge on any atom is 0.246 e. The van der Waals surface area contributed by atoms with E-state index in [2.05, 4.69) is 23.0 Å². The molecule has 3 heterocycles. The molecule has 0 atom stereocenters. The fraction of sp³-hybridized carbons (Fsp3) is 0.318. The van der Waals surface area contributed by atoms with Crippen LogP contribution in [0.2, 0.25) is 0 Å². The third-order valence-corrected chi connectivity index (χ3v) is 6.21. The van der Waals surface area contributed by atoms with Crippen molar-refractivity contribution in [1.82, 2.24) is 14.9 Å². The van der Waals surface area contributed by atoms with Gasteiger partial charge in [-0.3, -0.25) is 4.79 Å². The Labute approximate surface area is 184 Å². The third kappa shape index (κ3) is 4.41. The summed E-state index contributed by atoms with van der Waals surface area (Å²) in [5.41, 5.74) is 6.89.